The van der Waals surface area contributed by atoms with E-state index in [1.807, 2.05) is 24.3 Å². The van der Waals surface area contributed by atoms with Crippen LogP contribution in [0, 0.1) is 0 Å². The first kappa shape index (κ1) is 18.9. The van der Waals surface area contributed by atoms with E-state index in [1.165, 1.54) is 35.7 Å². The Bertz CT molecular complexity index is 1020. The number of amides is 2. The molecule has 0 aliphatic carbocycles. The molecular weight excluding hydrogens is 386 g/mol. The third kappa shape index (κ3) is 4.64. The molecule has 6 nitrogen and oxygen atoms in total. The lowest BCUT2D eigenvalue weighted by Crippen LogP contribution is -2.34. The number of benzene rings is 1. The number of nitrogens with zero attached hydrogens (tertiary/aromatic N) is 1. The number of hydrogen-bond acceptors (Lipinski definition) is 5. The van der Waals surface area contributed by atoms with Crippen molar-refractivity contribution in [3.63, 3.8) is 0 Å². The first-order valence-corrected chi connectivity index (χ1v) is 9.31. The maximum absolute atomic E-state index is 11.9. The van der Waals surface area contributed by atoms with Crippen molar-refractivity contribution in [2.24, 2.45) is 0 Å². The second kappa shape index (κ2) is 8.66. The van der Waals surface area contributed by atoms with Gasteiger partial charge in [0.15, 0.2) is 5.69 Å². The van der Waals surface area contributed by atoms with Crippen LogP contribution in [-0.4, -0.2) is 35.0 Å². The summed E-state index contributed by atoms with van der Waals surface area (Å²) < 4.78 is 1.06. The first-order chi connectivity index (χ1) is 13.1. The molecule has 0 spiro atoms. The molecule has 3 aromatic rings. The molecule has 0 saturated carbocycles. The molecule has 2 aromatic heterocycles. The van der Waals surface area contributed by atoms with Crippen LogP contribution in [0.15, 0.2) is 48.7 Å². The predicted molar refractivity (Wildman–Crippen MR) is 107 cm³/mol. The maximum Gasteiger partial charge on any atom is 0.273 e. The van der Waals surface area contributed by atoms with Crippen LogP contribution >= 0.6 is 22.9 Å². The summed E-state index contributed by atoms with van der Waals surface area (Å²) in [5.41, 5.74) is -0.0527. The van der Waals surface area contributed by atoms with Gasteiger partial charge in [0, 0.05) is 40.3 Å². The van der Waals surface area contributed by atoms with Crippen molar-refractivity contribution in [2.45, 2.75) is 0 Å². The molecule has 0 atom stereocenters. The van der Waals surface area contributed by atoms with Crippen LogP contribution in [0.4, 0.5) is 0 Å². The van der Waals surface area contributed by atoms with Crippen molar-refractivity contribution < 1.29 is 14.7 Å². The number of hydrogen-bond donors (Lipinski definition) is 3. The van der Waals surface area contributed by atoms with Gasteiger partial charge in [0.25, 0.3) is 5.91 Å². The molecule has 0 fully saturated rings. The molecule has 2 amide bonds. The smallest absolute Gasteiger partial charge is 0.273 e. The normalized spacial score (nSPS) is 11.0. The third-order valence-corrected chi connectivity index (χ3v) is 5.31. The van der Waals surface area contributed by atoms with Crippen LogP contribution in [0.3, 0.4) is 0 Å². The lowest BCUT2D eigenvalue weighted by molar-refractivity contribution is -0.116. The van der Waals surface area contributed by atoms with E-state index in [4.69, 9.17) is 11.6 Å². The monoisotopic (exact) mass is 401 g/mol. The molecule has 0 unspecified atom stereocenters. The van der Waals surface area contributed by atoms with Gasteiger partial charge in [-0.05, 0) is 24.3 Å². The number of pyridine rings is 1. The number of nitrogens with one attached hydrogen (secondary N) is 2. The van der Waals surface area contributed by atoms with Crippen LogP contribution < -0.4 is 10.6 Å². The van der Waals surface area contributed by atoms with Crippen LogP contribution in [0.25, 0.3) is 16.2 Å². The largest absolute Gasteiger partial charge is 0.505 e. The summed E-state index contributed by atoms with van der Waals surface area (Å²) in [5, 5.41) is 16.4. The second-order valence-electron chi connectivity index (χ2n) is 5.53. The number of carbonyl (C=O) groups excluding carboxylic acids is 2. The third-order valence-electron chi connectivity index (χ3n) is 3.66. The number of halogens is 1. The van der Waals surface area contributed by atoms with Crippen LogP contribution in [0.5, 0.6) is 5.75 Å². The molecule has 27 heavy (non-hydrogen) atoms. The van der Waals surface area contributed by atoms with E-state index in [-0.39, 0.29) is 30.4 Å². The van der Waals surface area contributed by atoms with Crippen LogP contribution in [-0.2, 0) is 4.79 Å². The zero-order valence-corrected chi connectivity index (χ0v) is 15.7. The van der Waals surface area contributed by atoms with Crippen molar-refractivity contribution in [3.05, 3.63) is 64.3 Å². The Kier molecular flexibility index (Phi) is 6.05. The topological polar surface area (TPSA) is 91.3 Å². The highest BCUT2D eigenvalue weighted by Gasteiger charge is 2.11. The standard InChI is InChI=1S/C19H16ClN3O3S/c20-17-12-4-1-2-6-14(12)27-15(17)7-8-16(25)21-10-11-23-19(26)18-13(24)5-3-9-22-18/h1-9,24H,10-11H2,(H,21,25)(H,23,26). The van der Waals surface area contributed by atoms with E-state index in [0.29, 0.717) is 5.02 Å². The number of carbonyl (C=O) groups is 2. The summed E-state index contributed by atoms with van der Waals surface area (Å²) >= 11 is 7.84. The van der Waals surface area contributed by atoms with Gasteiger partial charge in [0.2, 0.25) is 5.91 Å². The highest BCUT2D eigenvalue weighted by atomic mass is 35.5. The Hall–Kier alpha value is -2.90. The minimum absolute atomic E-state index is 0.0527. The number of aromatic hydroxyl groups is 1. The van der Waals surface area contributed by atoms with E-state index >= 15 is 0 Å². The van der Waals surface area contributed by atoms with Crippen molar-refractivity contribution in [3.8, 4) is 5.75 Å². The van der Waals surface area contributed by atoms with Gasteiger partial charge in [-0.15, -0.1) is 11.3 Å². The molecule has 0 aliphatic rings. The van der Waals surface area contributed by atoms with Gasteiger partial charge in [-0.2, -0.15) is 0 Å². The highest BCUT2D eigenvalue weighted by Crippen LogP contribution is 2.35. The van der Waals surface area contributed by atoms with E-state index in [1.54, 1.807) is 6.08 Å². The van der Waals surface area contributed by atoms with Gasteiger partial charge in [-0.1, -0.05) is 29.8 Å². The molecule has 0 radical (unpaired) electrons. The molecule has 138 valence electrons. The lowest BCUT2D eigenvalue weighted by Gasteiger charge is -2.06. The van der Waals surface area contributed by atoms with E-state index in [0.717, 1.165) is 15.0 Å². The van der Waals surface area contributed by atoms with E-state index in [9.17, 15) is 14.7 Å². The molecule has 0 aliphatic heterocycles. The van der Waals surface area contributed by atoms with Crippen molar-refractivity contribution in [1.82, 2.24) is 15.6 Å². The number of rotatable bonds is 6. The Morgan fingerprint density at radius 1 is 1.15 bits per heavy atom. The Labute approximate surface area is 164 Å². The number of aromatic nitrogens is 1. The van der Waals surface area contributed by atoms with E-state index < -0.39 is 5.91 Å². The zero-order chi connectivity index (χ0) is 19.2. The van der Waals surface area contributed by atoms with Gasteiger partial charge < -0.3 is 15.7 Å². The number of thiophene rings is 1. The Balaban J connectivity index is 1.48. The minimum atomic E-state index is -0.505. The quantitative estimate of drug-likeness (QED) is 0.437. The molecular formula is C19H16ClN3O3S. The maximum atomic E-state index is 11.9. The second-order valence-corrected chi connectivity index (χ2v) is 6.99. The Morgan fingerprint density at radius 2 is 1.93 bits per heavy atom. The SMILES string of the molecule is O=C(C=Cc1sc2ccccc2c1Cl)NCCNC(=O)c1ncccc1O. The fourth-order valence-electron chi connectivity index (χ4n) is 2.37. The minimum Gasteiger partial charge on any atom is -0.505 e. The van der Waals surface area contributed by atoms with Gasteiger partial charge >= 0.3 is 0 Å². The molecule has 3 N–H and O–H groups in total. The average molecular weight is 402 g/mol. The molecule has 8 heteroatoms. The van der Waals surface area contributed by atoms with Gasteiger partial charge in [-0.3, -0.25) is 9.59 Å². The fraction of sp³-hybridized carbons (Fsp3) is 0.105. The summed E-state index contributed by atoms with van der Waals surface area (Å²) in [4.78, 5) is 28.4. The molecule has 3 rings (SSSR count). The average Bonchev–Trinajstić information content (AvgIpc) is 3.00. The lowest BCUT2D eigenvalue weighted by atomic mass is 10.2. The van der Waals surface area contributed by atoms with Crippen molar-refractivity contribution >= 4 is 50.9 Å². The first-order valence-electron chi connectivity index (χ1n) is 8.11. The van der Waals surface area contributed by atoms with Crippen molar-refractivity contribution in [2.75, 3.05) is 13.1 Å². The summed E-state index contributed by atoms with van der Waals surface area (Å²) in [6.45, 7) is 0.445. The van der Waals surface area contributed by atoms with Crippen LogP contribution in [0.1, 0.15) is 15.4 Å². The molecule has 0 bridgehead atoms. The zero-order valence-electron chi connectivity index (χ0n) is 14.1. The molecule has 2 heterocycles. The fourth-order valence-corrected chi connectivity index (χ4v) is 3.77. The van der Waals surface area contributed by atoms with Gasteiger partial charge in [0.1, 0.15) is 5.75 Å². The van der Waals surface area contributed by atoms with Gasteiger partial charge in [-0.25, -0.2) is 4.98 Å². The highest BCUT2D eigenvalue weighted by molar-refractivity contribution is 7.20. The predicted octanol–water partition coefficient (Wildman–Crippen LogP) is 3.21. The number of fused-ring (bicyclic) bond motifs is 1. The Morgan fingerprint density at radius 3 is 2.70 bits per heavy atom. The summed E-state index contributed by atoms with van der Waals surface area (Å²) in [6.07, 6.45) is 4.50. The van der Waals surface area contributed by atoms with E-state index in [2.05, 4.69) is 15.6 Å². The molecule has 1 aromatic carbocycles. The van der Waals surface area contributed by atoms with Gasteiger partial charge in [0.05, 0.1) is 5.02 Å². The van der Waals surface area contributed by atoms with Crippen molar-refractivity contribution in [1.29, 1.82) is 0 Å². The summed E-state index contributed by atoms with van der Waals surface area (Å²) in [7, 11) is 0. The summed E-state index contributed by atoms with van der Waals surface area (Å²) in [6, 6.07) is 10.7. The molecule has 0 saturated heterocycles. The summed E-state index contributed by atoms with van der Waals surface area (Å²) in [5.74, 6) is -0.990. The van der Waals surface area contributed by atoms with Crippen LogP contribution in [0.2, 0.25) is 5.02 Å².